The Bertz CT molecular complexity index is 624. The number of amides is 1. The van der Waals surface area contributed by atoms with Gasteiger partial charge in [0.1, 0.15) is 0 Å². The third kappa shape index (κ3) is 3.85. The van der Waals surface area contributed by atoms with Crippen molar-refractivity contribution in [3.05, 3.63) is 29.8 Å². The van der Waals surface area contributed by atoms with Crippen LogP contribution in [0.3, 0.4) is 0 Å². The minimum Gasteiger partial charge on any atom is -0.355 e. The van der Waals surface area contributed by atoms with Crippen molar-refractivity contribution in [2.24, 2.45) is 7.05 Å². The summed E-state index contributed by atoms with van der Waals surface area (Å²) in [6.07, 6.45) is 0.942. The summed E-state index contributed by atoms with van der Waals surface area (Å²) in [4.78, 5) is 11.6. The van der Waals surface area contributed by atoms with E-state index in [1.54, 1.807) is 0 Å². The van der Waals surface area contributed by atoms with Crippen molar-refractivity contribution in [2.75, 3.05) is 12.3 Å². The van der Waals surface area contributed by atoms with Crippen LogP contribution in [0, 0.1) is 6.92 Å². The van der Waals surface area contributed by atoms with E-state index in [-0.39, 0.29) is 5.91 Å². The Balaban J connectivity index is 2.07. The highest BCUT2D eigenvalue weighted by molar-refractivity contribution is 7.99. The summed E-state index contributed by atoms with van der Waals surface area (Å²) in [6, 6.07) is 8.07. The molecule has 0 fully saturated rings. The number of thioether (sulfide) groups is 1. The molecule has 1 heterocycles. The molecule has 21 heavy (non-hydrogen) atoms. The van der Waals surface area contributed by atoms with Crippen LogP contribution >= 0.6 is 11.8 Å². The third-order valence-electron chi connectivity index (χ3n) is 3.13. The van der Waals surface area contributed by atoms with Crippen LogP contribution in [0.4, 0.5) is 0 Å². The normalized spacial score (nSPS) is 10.6. The second-order valence-corrected chi connectivity index (χ2v) is 5.76. The van der Waals surface area contributed by atoms with E-state index in [1.807, 2.05) is 36.7 Å². The van der Waals surface area contributed by atoms with E-state index in [4.69, 9.17) is 0 Å². The van der Waals surface area contributed by atoms with Gasteiger partial charge in [0.05, 0.1) is 5.75 Å². The summed E-state index contributed by atoms with van der Waals surface area (Å²) in [5, 5.41) is 12.0. The number of rotatable bonds is 6. The minimum absolute atomic E-state index is 0.0299. The van der Waals surface area contributed by atoms with Crippen LogP contribution in [0.1, 0.15) is 18.9 Å². The fourth-order valence-electron chi connectivity index (χ4n) is 1.94. The number of nitrogens with one attached hydrogen (secondary N) is 1. The molecule has 0 radical (unpaired) electrons. The Hall–Kier alpha value is -1.82. The average molecular weight is 304 g/mol. The highest BCUT2D eigenvalue weighted by atomic mass is 32.2. The van der Waals surface area contributed by atoms with Gasteiger partial charge >= 0.3 is 0 Å². The Labute approximate surface area is 129 Å². The van der Waals surface area contributed by atoms with Gasteiger partial charge in [-0.05, 0) is 18.9 Å². The van der Waals surface area contributed by atoms with Crippen molar-refractivity contribution < 1.29 is 4.79 Å². The molecule has 2 rings (SSSR count). The predicted octanol–water partition coefficient (Wildman–Crippen LogP) is 2.41. The number of aromatic nitrogens is 3. The fraction of sp³-hybridized carbons (Fsp3) is 0.400. The first-order valence-electron chi connectivity index (χ1n) is 6.98. The summed E-state index contributed by atoms with van der Waals surface area (Å²) in [5.41, 5.74) is 2.22. The Morgan fingerprint density at radius 1 is 1.33 bits per heavy atom. The number of aryl methyl sites for hydroxylation is 1. The van der Waals surface area contributed by atoms with Crippen molar-refractivity contribution >= 4 is 17.7 Å². The van der Waals surface area contributed by atoms with Crippen molar-refractivity contribution in [2.45, 2.75) is 25.4 Å². The van der Waals surface area contributed by atoms with Crippen LogP contribution in [-0.2, 0) is 11.8 Å². The first kappa shape index (κ1) is 15.6. The van der Waals surface area contributed by atoms with E-state index in [0.717, 1.165) is 28.5 Å². The van der Waals surface area contributed by atoms with Crippen molar-refractivity contribution in [3.8, 4) is 11.4 Å². The standard InChI is InChI=1S/C15H20N4OS/c1-4-9-16-13(20)10-21-15-18-17-14(19(15)3)12-8-6-5-7-11(12)2/h5-8H,4,9-10H2,1-3H3,(H,16,20). The molecule has 6 heteroatoms. The number of hydrogen-bond acceptors (Lipinski definition) is 4. The first-order chi connectivity index (χ1) is 10.1. The molecule has 0 unspecified atom stereocenters. The molecule has 5 nitrogen and oxygen atoms in total. The van der Waals surface area contributed by atoms with Gasteiger partial charge in [-0.1, -0.05) is 43.0 Å². The molecule has 0 atom stereocenters. The van der Waals surface area contributed by atoms with Gasteiger partial charge in [-0.25, -0.2) is 0 Å². The van der Waals surface area contributed by atoms with Gasteiger partial charge in [-0.2, -0.15) is 0 Å². The maximum atomic E-state index is 11.6. The summed E-state index contributed by atoms with van der Waals surface area (Å²) in [7, 11) is 1.92. The first-order valence-corrected chi connectivity index (χ1v) is 7.97. The van der Waals surface area contributed by atoms with E-state index in [2.05, 4.69) is 28.5 Å². The predicted molar refractivity (Wildman–Crippen MR) is 85.2 cm³/mol. The van der Waals surface area contributed by atoms with Gasteiger partial charge in [0, 0.05) is 19.2 Å². The van der Waals surface area contributed by atoms with Gasteiger partial charge in [-0.3, -0.25) is 4.79 Å². The molecule has 2 aromatic rings. The van der Waals surface area contributed by atoms with E-state index >= 15 is 0 Å². The highest BCUT2D eigenvalue weighted by Gasteiger charge is 2.13. The lowest BCUT2D eigenvalue weighted by molar-refractivity contribution is -0.118. The van der Waals surface area contributed by atoms with Gasteiger partial charge in [0.25, 0.3) is 0 Å². The van der Waals surface area contributed by atoms with Gasteiger partial charge in [-0.15, -0.1) is 10.2 Å². The Morgan fingerprint density at radius 2 is 2.10 bits per heavy atom. The lowest BCUT2D eigenvalue weighted by atomic mass is 10.1. The zero-order chi connectivity index (χ0) is 15.2. The van der Waals surface area contributed by atoms with E-state index in [9.17, 15) is 4.79 Å². The number of carbonyl (C=O) groups is 1. The van der Waals surface area contributed by atoms with E-state index in [0.29, 0.717) is 12.3 Å². The molecule has 0 aliphatic heterocycles. The zero-order valence-electron chi connectivity index (χ0n) is 12.6. The maximum absolute atomic E-state index is 11.6. The number of nitrogens with zero attached hydrogens (tertiary/aromatic N) is 3. The van der Waals surface area contributed by atoms with E-state index < -0.39 is 0 Å². The second-order valence-electron chi connectivity index (χ2n) is 4.82. The molecule has 112 valence electrons. The molecule has 0 aliphatic carbocycles. The average Bonchev–Trinajstić information content (AvgIpc) is 2.84. The largest absolute Gasteiger partial charge is 0.355 e. The summed E-state index contributed by atoms with van der Waals surface area (Å²) >= 11 is 1.40. The molecule has 0 aliphatic rings. The lowest BCUT2D eigenvalue weighted by Crippen LogP contribution is -2.25. The fourth-order valence-corrected chi connectivity index (χ4v) is 2.69. The SMILES string of the molecule is CCCNC(=O)CSc1nnc(-c2ccccc2C)n1C. The van der Waals surface area contributed by atoms with Gasteiger partial charge in [0.15, 0.2) is 11.0 Å². The zero-order valence-corrected chi connectivity index (χ0v) is 13.4. The van der Waals surface area contributed by atoms with Crippen LogP contribution in [0.5, 0.6) is 0 Å². The van der Waals surface area contributed by atoms with Crippen LogP contribution in [0.15, 0.2) is 29.4 Å². The van der Waals surface area contributed by atoms with E-state index in [1.165, 1.54) is 11.8 Å². The molecule has 0 spiro atoms. The smallest absolute Gasteiger partial charge is 0.230 e. The summed E-state index contributed by atoms with van der Waals surface area (Å²) in [5.74, 6) is 1.21. The van der Waals surface area contributed by atoms with Crippen LogP contribution in [-0.4, -0.2) is 33.0 Å². The maximum Gasteiger partial charge on any atom is 0.230 e. The molecule has 0 saturated heterocycles. The quantitative estimate of drug-likeness (QED) is 0.833. The van der Waals surface area contributed by atoms with Crippen LogP contribution in [0.25, 0.3) is 11.4 Å². The molecule has 1 aromatic heterocycles. The van der Waals surface area contributed by atoms with Crippen LogP contribution < -0.4 is 5.32 Å². The molecule has 1 amide bonds. The lowest BCUT2D eigenvalue weighted by Gasteiger charge is -2.06. The van der Waals surface area contributed by atoms with Crippen molar-refractivity contribution in [1.29, 1.82) is 0 Å². The molecule has 1 aromatic carbocycles. The van der Waals surface area contributed by atoms with Crippen LogP contribution in [0.2, 0.25) is 0 Å². The van der Waals surface area contributed by atoms with Crippen molar-refractivity contribution in [3.63, 3.8) is 0 Å². The number of benzene rings is 1. The minimum atomic E-state index is 0.0299. The van der Waals surface area contributed by atoms with Crippen molar-refractivity contribution in [1.82, 2.24) is 20.1 Å². The molecular formula is C15H20N4OS. The topological polar surface area (TPSA) is 59.8 Å². The summed E-state index contributed by atoms with van der Waals surface area (Å²) < 4.78 is 1.93. The number of carbonyl (C=O) groups excluding carboxylic acids is 1. The van der Waals surface area contributed by atoms with Gasteiger partial charge in [0.2, 0.25) is 5.91 Å². The molecular weight excluding hydrogens is 284 g/mol. The molecule has 0 bridgehead atoms. The second kappa shape index (κ2) is 7.26. The number of hydrogen-bond donors (Lipinski definition) is 1. The Kier molecular flexibility index (Phi) is 5.38. The Morgan fingerprint density at radius 3 is 2.81 bits per heavy atom. The van der Waals surface area contributed by atoms with Gasteiger partial charge < -0.3 is 9.88 Å². The third-order valence-corrected chi connectivity index (χ3v) is 4.15. The summed E-state index contributed by atoms with van der Waals surface area (Å²) in [6.45, 7) is 4.80. The molecule has 0 saturated carbocycles. The monoisotopic (exact) mass is 304 g/mol. The highest BCUT2D eigenvalue weighted by Crippen LogP contribution is 2.24. The molecule has 1 N–H and O–H groups in total.